The van der Waals surface area contributed by atoms with Crippen LogP contribution in [0, 0.1) is 6.92 Å². The van der Waals surface area contributed by atoms with Crippen LogP contribution < -0.4 is 5.32 Å². The number of hydrogen-bond donors (Lipinski definition) is 1. The van der Waals surface area contributed by atoms with Crippen molar-refractivity contribution >= 4 is 46.6 Å². The molecular weight excluding hydrogens is 427 g/mol. The number of nitrogens with zero attached hydrogens (tertiary/aromatic N) is 3. The van der Waals surface area contributed by atoms with Crippen LogP contribution >= 0.6 is 35.0 Å². The lowest BCUT2D eigenvalue weighted by atomic mass is 10.1. The first-order valence-electron chi connectivity index (χ1n) is 9.32. The highest BCUT2D eigenvalue weighted by Crippen LogP contribution is 2.31. The predicted octanol–water partition coefficient (Wildman–Crippen LogP) is 6.09. The van der Waals surface area contributed by atoms with Gasteiger partial charge in [0.2, 0.25) is 5.91 Å². The Balaban J connectivity index is 1.80. The van der Waals surface area contributed by atoms with Gasteiger partial charge in [-0.15, -0.1) is 10.2 Å². The van der Waals surface area contributed by atoms with E-state index in [2.05, 4.69) is 33.1 Å². The molecule has 0 radical (unpaired) electrons. The Morgan fingerprint density at radius 3 is 2.69 bits per heavy atom. The van der Waals surface area contributed by atoms with Crippen molar-refractivity contribution in [1.82, 2.24) is 14.8 Å². The highest BCUT2D eigenvalue weighted by Gasteiger charge is 2.21. The van der Waals surface area contributed by atoms with Crippen LogP contribution in [-0.4, -0.2) is 25.9 Å². The van der Waals surface area contributed by atoms with Crippen LogP contribution in [0.15, 0.2) is 47.6 Å². The second kappa shape index (κ2) is 9.65. The fraction of sp³-hybridized carbons (Fsp3) is 0.286. The Kier molecular flexibility index (Phi) is 7.22. The molecule has 0 saturated heterocycles. The Morgan fingerprint density at radius 2 is 1.97 bits per heavy atom. The molecule has 3 rings (SSSR count). The molecule has 5 nitrogen and oxygen atoms in total. The lowest BCUT2D eigenvalue weighted by Crippen LogP contribution is -2.23. The molecule has 0 fully saturated rings. The Morgan fingerprint density at radius 1 is 1.21 bits per heavy atom. The Bertz CT molecular complexity index is 1020. The topological polar surface area (TPSA) is 59.8 Å². The number of amides is 1. The molecule has 0 aliphatic rings. The van der Waals surface area contributed by atoms with Gasteiger partial charge in [0, 0.05) is 12.1 Å². The molecule has 1 unspecified atom stereocenters. The summed E-state index contributed by atoms with van der Waals surface area (Å²) in [6.07, 6.45) is 0.934. The summed E-state index contributed by atoms with van der Waals surface area (Å²) < 4.78 is 2.07. The molecule has 0 bridgehead atoms. The smallest absolute Gasteiger partial charge is 0.237 e. The summed E-state index contributed by atoms with van der Waals surface area (Å²) in [5, 5.41) is 12.6. The summed E-state index contributed by atoms with van der Waals surface area (Å²) in [4.78, 5) is 12.7. The summed E-state index contributed by atoms with van der Waals surface area (Å²) in [5.74, 6) is 0.630. The number of halogens is 2. The Labute approximate surface area is 184 Å². The summed E-state index contributed by atoms with van der Waals surface area (Å²) in [6.45, 7) is 6.75. The molecule has 1 amide bonds. The van der Waals surface area contributed by atoms with Crippen molar-refractivity contribution in [2.75, 3.05) is 5.32 Å². The van der Waals surface area contributed by atoms with Crippen molar-refractivity contribution in [2.45, 2.75) is 44.1 Å². The van der Waals surface area contributed by atoms with Crippen LogP contribution in [0.5, 0.6) is 0 Å². The summed E-state index contributed by atoms with van der Waals surface area (Å²) in [6, 6.07) is 13.3. The molecule has 2 aromatic carbocycles. The number of thioether (sulfide) groups is 1. The highest BCUT2D eigenvalue weighted by atomic mass is 35.5. The van der Waals surface area contributed by atoms with E-state index in [4.69, 9.17) is 23.2 Å². The third kappa shape index (κ3) is 5.13. The summed E-state index contributed by atoms with van der Waals surface area (Å²) in [5.41, 5.74) is 2.67. The van der Waals surface area contributed by atoms with E-state index < -0.39 is 5.25 Å². The highest BCUT2D eigenvalue weighted by molar-refractivity contribution is 8.00. The maximum Gasteiger partial charge on any atom is 0.237 e. The van der Waals surface area contributed by atoms with Gasteiger partial charge in [0.1, 0.15) is 0 Å². The van der Waals surface area contributed by atoms with Crippen molar-refractivity contribution in [2.24, 2.45) is 0 Å². The van der Waals surface area contributed by atoms with Crippen LogP contribution in [0.1, 0.15) is 25.8 Å². The average Bonchev–Trinajstić information content (AvgIpc) is 3.08. The number of aryl methyl sites for hydroxylation is 1. The molecule has 0 aliphatic heterocycles. The molecule has 1 heterocycles. The zero-order valence-corrected chi connectivity index (χ0v) is 18.8. The number of rotatable bonds is 7. The number of carbonyl (C=O) groups excluding carboxylic acids is 1. The fourth-order valence-corrected chi connectivity index (χ4v) is 4.07. The molecule has 8 heteroatoms. The van der Waals surface area contributed by atoms with Crippen molar-refractivity contribution < 1.29 is 4.79 Å². The quantitative estimate of drug-likeness (QED) is 0.444. The minimum absolute atomic E-state index is 0.178. The van der Waals surface area contributed by atoms with Crippen molar-refractivity contribution in [3.05, 3.63) is 58.1 Å². The standard InChI is InChI=1S/C21H22Cl2N4OS/c1-4-11-27-19(15-8-5-7-13(2)12-15)25-26-21(27)29-14(3)20(28)24-17-10-6-9-16(22)18(17)23/h5-10,12,14H,4,11H2,1-3H3,(H,24,28). The molecule has 152 valence electrons. The van der Waals surface area contributed by atoms with E-state index in [9.17, 15) is 4.79 Å². The third-order valence-corrected chi connectivity index (χ3v) is 6.20. The van der Waals surface area contributed by atoms with Crippen LogP contribution in [0.25, 0.3) is 11.4 Å². The maximum atomic E-state index is 12.7. The molecule has 0 spiro atoms. The van der Waals surface area contributed by atoms with Gasteiger partial charge in [0.05, 0.1) is 21.0 Å². The molecule has 3 aromatic rings. The van der Waals surface area contributed by atoms with Crippen LogP contribution in [0.2, 0.25) is 10.0 Å². The zero-order chi connectivity index (χ0) is 21.0. The van der Waals surface area contributed by atoms with E-state index in [1.54, 1.807) is 18.2 Å². The number of nitrogens with one attached hydrogen (secondary N) is 1. The lowest BCUT2D eigenvalue weighted by molar-refractivity contribution is -0.115. The molecule has 1 atom stereocenters. The van der Waals surface area contributed by atoms with Gasteiger partial charge in [-0.05, 0) is 38.5 Å². The predicted molar refractivity (Wildman–Crippen MR) is 121 cm³/mol. The van der Waals surface area contributed by atoms with Crippen LogP contribution in [0.3, 0.4) is 0 Å². The maximum absolute atomic E-state index is 12.7. The van der Waals surface area contributed by atoms with Crippen LogP contribution in [-0.2, 0) is 11.3 Å². The molecule has 1 N–H and O–H groups in total. The van der Waals surface area contributed by atoms with Gasteiger partial charge in [-0.1, -0.05) is 71.7 Å². The van der Waals surface area contributed by atoms with Gasteiger partial charge in [0.25, 0.3) is 0 Å². The normalized spacial score (nSPS) is 12.0. The van der Waals surface area contributed by atoms with E-state index in [0.29, 0.717) is 20.9 Å². The minimum atomic E-state index is -0.393. The van der Waals surface area contributed by atoms with Gasteiger partial charge in [-0.2, -0.15) is 0 Å². The first-order chi connectivity index (χ1) is 13.9. The number of aromatic nitrogens is 3. The lowest BCUT2D eigenvalue weighted by Gasteiger charge is -2.14. The first kappa shape index (κ1) is 21.7. The van der Waals surface area contributed by atoms with Gasteiger partial charge in [-0.3, -0.25) is 4.79 Å². The Hall–Kier alpha value is -2.02. The van der Waals surface area contributed by atoms with Crippen molar-refractivity contribution in [1.29, 1.82) is 0 Å². The molecule has 0 aliphatic carbocycles. The first-order valence-corrected chi connectivity index (χ1v) is 11.0. The summed E-state index contributed by atoms with van der Waals surface area (Å²) in [7, 11) is 0. The van der Waals surface area contributed by atoms with E-state index in [-0.39, 0.29) is 5.91 Å². The number of benzene rings is 2. The molecule has 0 saturated carbocycles. The van der Waals surface area contributed by atoms with E-state index >= 15 is 0 Å². The fourth-order valence-electron chi connectivity index (χ4n) is 2.85. The van der Waals surface area contributed by atoms with E-state index in [1.807, 2.05) is 32.0 Å². The second-order valence-electron chi connectivity index (χ2n) is 6.68. The van der Waals surface area contributed by atoms with Gasteiger partial charge in [0.15, 0.2) is 11.0 Å². The number of anilines is 1. The van der Waals surface area contributed by atoms with Crippen LogP contribution in [0.4, 0.5) is 5.69 Å². The van der Waals surface area contributed by atoms with Gasteiger partial charge < -0.3 is 9.88 Å². The number of hydrogen-bond acceptors (Lipinski definition) is 4. The molecular formula is C21H22Cl2N4OS. The average molecular weight is 449 g/mol. The third-order valence-electron chi connectivity index (χ3n) is 4.30. The minimum Gasteiger partial charge on any atom is -0.324 e. The zero-order valence-electron chi connectivity index (χ0n) is 16.4. The largest absolute Gasteiger partial charge is 0.324 e. The van der Waals surface area contributed by atoms with Crippen molar-refractivity contribution in [3.8, 4) is 11.4 Å². The van der Waals surface area contributed by atoms with E-state index in [1.165, 1.54) is 11.8 Å². The van der Waals surface area contributed by atoms with Crippen molar-refractivity contribution in [3.63, 3.8) is 0 Å². The molecule has 1 aromatic heterocycles. The van der Waals surface area contributed by atoms with E-state index in [0.717, 1.165) is 29.9 Å². The SMILES string of the molecule is CCCn1c(SC(C)C(=O)Nc2cccc(Cl)c2Cl)nnc1-c1cccc(C)c1. The monoisotopic (exact) mass is 448 g/mol. The van der Waals surface area contributed by atoms with Gasteiger partial charge >= 0.3 is 0 Å². The second-order valence-corrected chi connectivity index (χ2v) is 8.77. The number of carbonyl (C=O) groups is 1. The summed E-state index contributed by atoms with van der Waals surface area (Å²) >= 11 is 13.6. The van der Waals surface area contributed by atoms with Gasteiger partial charge in [-0.25, -0.2) is 0 Å². The molecule has 29 heavy (non-hydrogen) atoms.